The van der Waals surface area contributed by atoms with Gasteiger partial charge in [-0.05, 0) is 22.0 Å². The van der Waals surface area contributed by atoms with Gasteiger partial charge in [-0.2, -0.15) is 0 Å². The van der Waals surface area contributed by atoms with Gasteiger partial charge in [0, 0.05) is 27.2 Å². The van der Waals surface area contributed by atoms with Crippen LogP contribution in [0.1, 0.15) is 18.9 Å². The Bertz CT molecular complexity index is 488. The molecule has 86 valence electrons. The SMILES string of the molecule is CC(C)(CN)c1nc(-c2cc(Br)cs2)cs1. The molecule has 5 heteroatoms. The molecule has 2 heterocycles. The summed E-state index contributed by atoms with van der Waals surface area (Å²) in [6.45, 7) is 4.87. The summed E-state index contributed by atoms with van der Waals surface area (Å²) >= 11 is 6.84. The van der Waals surface area contributed by atoms with Crippen LogP contribution in [0.3, 0.4) is 0 Å². The van der Waals surface area contributed by atoms with Gasteiger partial charge in [0.2, 0.25) is 0 Å². The molecule has 0 saturated heterocycles. The topological polar surface area (TPSA) is 38.9 Å². The van der Waals surface area contributed by atoms with E-state index < -0.39 is 0 Å². The Hall–Kier alpha value is -0.230. The van der Waals surface area contributed by atoms with Crippen LogP contribution in [0.5, 0.6) is 0 Å². The number of thiophene rings is 1. The predicted molar refractivity (Wildman–Crippen MR) is 75.2 cm³/mol. The van der Waals surface area contributed by atoms with E-state index in [-0.39, 0.29) is 5.41 Å². The lowest BCUT2D eigenvalue weighted by atomic mass is 9.95. The van der Waals surface area contributed by atoms with Gasteiger partial charge < -0.3 is 5.73 Å². The van der Waals surface area contributed by atoms with E-state index >= 15 is 0 Å². The molecule has 0 spiro atoms. The lowest BCUT2D eigenvalue weighted by molar-refractivity contribution is 0.536. The summed E-state index contributed by atoms with van der Waals surface area (Å²) in [4.78, 5) is 5.86. The van der Waals surface area contributed by atoms with Gasteiger partial charge in [-0.1, -0.05) is 13.8 Å². The fraction of sp³-hybridized carbons (Fsp3) is 0.364. The molecule has 0 unspecified atom stereocenters. The van der Waals surface area contributed by atoms with Gasteiger partial charge in [-0.25, -0.2) is 4.98 Å². The largest absolute Gasteiger partial charge is 0.330 e. The molecule has 0 fully saturated rings. The van der Waals surface area contributed by atoms with Gasteiger partial charge >= 0.3 is 0 Å². The van der Waals surface area contributed by atoms with E-state index in [0.29, 0.717) is 6.54 Å². The molecule has 0 saturated carbocycles. The van der Waals surface area contributed by atoms with Crippen LogP contribution in [0.4, 0.5) is 0 Å². The van der Waals surface area contributed by atoms with Crippen molar-refractivity contribution in [3.63, 3.8) is 0 Å². The van der Waals surface area contributed by atoms with Crippen LogP contribution in [0.25, 0.3) is 10.6 Å². The fourth-order valence-corrected chi connectivity index (χ4v) is 3.65. The van der Waals surface area contributed by atoms with Crippen LogP contribution in [-0.4, -0.2) is 11.5 Å². The van der Waals surface area contributed by atoms with E-state index in [4.69, 9.17) is 5.73 Å². The van der Waals surface area contributed by atoms with E-state index in [1.165, 1.54) is 4.88 Å². The third kappa shape index (κ3) is 2.37. The minimum atomic E-state index is -0.0303. The Labute approximate surface area is 112 Å². The molecular formula is C11H13BrN2S2. The summed E-state index contributed by atoms with van der Waals surface area (Å²) in [5, 5.41) is 5.28. The van der Waals surface area contributed by atoms with Crippen LogP contribution in [-0.2, 0) is 5.41 Å². The zero-order valence-corrected chi connectivity index (χ0v) is 12.4. The zero-order valence-electron chi connectivity index (χ0n) is 9.16. The monoisotopic (exact) mass is 316 g/mol. The second-order valence-electron chi connectivity index (χ2n) is 4.26. The fourth-order valence-electron chi connectivity index (χ4n) is 1.23. The summed E-state index contributed by atoms with van der Waals surface area (Å²) in [5.41, 5.74) is 6.77. The highest BCUT2D eigenvalue weighted by atomic mass is 79.9. The van der Waals surface area contributed by atoms with Crippen molar-refractivity contribution in [2.75, 3.05) is 6.54 Å². The smallest absolute Gasteiger partial charge is 0.100 e. The minimum Gasteiger partial charge on any atom is -0.330 e. The number of nitrogens with zero attached hydrogens (tertiary/aromatic N) is 1. The normalized spacial score (nSPS) is 12.0. The van der Waals surface area contributed by atoms with Crippen molar-refractivity contribution >= 4 is 38.6 Å². The number of hydrogen-bond donors (Lipinski definition) is 1. The summed E-state index contributed by atoms with van der Waals surface area (Å²) in [7, 11) is 0. The van der Waals surface area contributed by atoms with Crippen LogP contribution in [0.15, 0.2) is 21.3 Å². The second kappa shape index (κ2) is 4.56. The molecule has 2 aromatic heterocycles. The van der Waals surface area contributed by atoms with E-state index in [0.717, 1.165) is 15.2 Å². The highest BCUT2D eigenvalue weighted by molar-refractivity contribution is 9.10. The van der Waals surface area contributed by atoms with Crippen molar-refractivity contribution in [2.45, 2.75) is 19.3 Å². The first-order chi connectivity index (χ1) is 7.53. The Morgan fingerprint density at radius 2 is 2.12 bits per heavy atom. The van der Waals surface area contributed by atoms with E-state index in [2.05, 4.69) is 51.6 Å². The summed E-state index contributed by atoms with van der Waals surface area (Å²) in [6, 6.07) is 2.10. The van der Waals surface area contributed by atoms with Gasteiger partial charge in [0.05, 0.1) is 10.6 Å². The minimum absolute atomic E-state index is 0.0303. The van der Waals surface area contributed by atoms with Gasteiger partial charge in [-0.15, -0.1) is 22.7 Å². The highest BCUT2D eigenvalue weighted by Crippen LogP contribution is 2.33. The Morgan fingerprint density at radius 1 is 1.38 bits per heavy atom. The maximum absolute atomic E-state index is 5.75. The molecule has 0 aliphatic heterocycles. The quantitative estimate of drug-likeness (QED) is 0.933. The standard InChI is InChI=1S/C11H13BrN2S2/c1-11(2,6-13)10-14-8(5-16-10)9-3-7(12)4-15-9/h3-5H,6,13H2,1-2H3. The van der Waals surface area contributed by atoms with Crippen molar-refractivity contribution in [1.29, 1.82) is 0 Å². The maximum Gasteiger partial charge on any atom is 0.100 e. The number of halogens is 1. The highest BCUT2D eigenvalue weighted by Gasteiger charge is 2.22. The molecule has 0 radical (unpaired) electrons. The lowest BCUT2D eigenvalue weighted by Crippen LogP contribution is -2.27. The molecule has 0 atom stereocenters. The van der Waals surface area contributed by atoms with Crippen LogP contribution in [0.2, 0.25) is 0 Å². The second-order valence-corrected chi connectivity index (χ2v) is 6.94. The third-order valence-corrected chi connectivity index (χ3v) is 5.34. The van der Waals surface area contributed by atoms with Crippen LogP contribution < -0.4 is 5.73 Å². The maximum atomic E-state index is 5.75. The Kier molecular flexibility index (Phi) is 3.49. The van der Waals surface area contributed by atoms with Crippen LogP contribution in [0, 0.1) is 0 Å². The average molecular weight is 317 g/mol. The van der Waals surface area contributed by atoms with Crippen molar-refractivity contribution in [1.82, 2.24) is 4.98 Å². The average Bonchev–Trinajstić information content (AvgIpc) is 2.85. The Morgan fingerprint density at radius 3 is 2.69 bits per heavy atom. The molecule has 0 aliphatic carbocycles. The molecular weight excluding hydrogens is 304 g/mol. The first kappa shape index (κ1) is 12.2. The number of rotatable bonds is 3. The van der Waals surface area contributed by atoms with Gasteiger partial charge in [0.15, 0.2) is 0 Å². The molecule has 0 amide bonds. The molecule has 2 rings (SSSR count). The number of aromatic nitrogens is 1. The molecule has 2 N–H and O–H groups in total. The molecule has 2 nitrogen and oxygen atoms in total. The molecule has 0 aliphatic rings. The van der Waals surface area contributed by atoms with E-state index in [9.17, 15) is 0 Å². The molecule has 2 aromatic rings. The number of hydrogen-bond acceptors (Lipinski definition) is 4. The first-order valence-electron chi connectivity index (χ1n) is 4.93. The van der Waals surface area contributed by atoms with Gasteiger partial charge in [0.25, 0.3) is 0 Å². The summed E-state index contributed by atoms with van der Waals surface area (Å²) in [5.74, 6) is 0. The molecule has 16 heavy (non-hydrogen) atoms. The number of nitrogens with two attached hydrogens (primary N) is 1. The molecule has 0 aromatic carbocycles. The molecule has 0 bridgehead atoms. The van der Waals surface area contributed by atoms with Crippen molar-refractivity contribution in [3.8, 4) is 10.6 Å². The van der Waals surface area contributed by atoms with Crippen molar-refractivity contribution in [3.05, 3.63) is 26.3 Å². The predicted octanol–water partition coefficient (Wildman–Crippen LogP) is 3.87. The van der Waals surface area contributed by atoms with Crippen LogP contribution >= 0.6 is 38.6 Å². The van der Waals surface area contributed by atoms with Crippen molar-refractivity contribution in [2.24, 2.45) is 5.73 Å². The number of thiazole rings is 1. The lowest BCUT2D eigenvalue weighted by Gasteiger charge is -2.18. The summed E-state index contributed by atoms with van der Waals surface area (Å²) in [6.07, 6.45) is 0. The Balaban J connectivity index is 2.33. The van der Waals surface area contributed by atoms with E-state index in [1.54, 1.807) is 22.7 Å². The van der Waals surface area contributed by atoms with Crippen molar-refractivity contribution < 1.29 is 0 Å². The van der Waals surface area contributed by atoms with Gasteiger partial charge in [0.1, 0.15) is 5.01 Å². The van der Waals surface area contributed by atoms with Gasteiger partial charge in [-0.3, -0.25) is 0 Å². The first-order valence-corrected chi connectivity index (χ1v) is 7.48. The third-order valence-electron chi connectivity index (χ3n) is 2.41. The summed E-state index contributed by atoms with van der Waals surface area (Å²) < 4.78 is 1.11. The van der Waals surface area contributed by atoms with E-state index in [1.807, 2.05) is 0 Å². The zero-order chi connectivity index (χ0) is 11.8.